The smallest absolute Gasteiger partial charge is 0.346 e. The van der Waals surface area contributed by atoms with E-state index in [0.29, 0.717) is 0 Å². The number of benzene rings is 4. The average molecular weight is 512 g/mol. The van der Waals surface area contributed by atoms with Gasteiger partial charge in [-0.1, -0.05) is 24.3 Å². The zero-order chi connectivity index (χ0) is 26.3. The Bertz CT molecular complexity index is 1450. The maximum atomic E-state index is 13.9. The number of halogens is 8. The molecule has 0 bridgehead atoms. The third-order valence-electron chi connectivity index (χ3n) is 4.89. The van der Waals surface area contributed by atoms with Crippen molar-refractivity contribution in [1.29, 1.82) is 0 Å². The average Bonchev–Trinajstić information content (AvgIpc) is 2.86. The summed E-state index contributed by atoms with van der Waals surface area (Å²) in [6.07, 6.45) is 0. The molecule has 0 heterocycles. The summed E-state index contributed by atoms with van der Waals surface area (Å²) < 4.78 is 118. The zero-order valence-corrected chi connectivity index (χ0v) is 17.3. The van der Waals surface area contributed by atoms with Crippen LogP contribution in [0, 0.1) is 46.5 Å². The number of hydrogen-bond donors (Lipinski definition) is 0. The first-order valence-electron chi connectivity index (χ1n) is 9.63. The van der Waals surface area contributed by atoms with Gasteiger partial charge in [0.2, 0.25) is 0 Å². The van der Waals surface area contributed by atoms with Crippen molar-refractivity contribution in [1.82, 2.24) is 0 Å². The molecule has 0 fully saturated rings. The highest BCUT2D eigenvalue weighted by molar-refractivity contribution is 6.00. The molecule has 0 radical (unpaired) electrons. The number of esters is 2. The summed E-state index contributed by atoms with van der Waals surface area (Å²) >= 11 is 0. The van der Waals surface area contributed by atoms with Gasteiger partial charge in [0.25, 0.3) is 0 Å². The van der Waals surface area contributed by atoms with Crippen LogP contribution in [0.3, 0.4) is 0 Å². The molecule has 0 amide bonds. The van der Waals surface area contributed by atoms with E-state index in [1.54, 1.807) is 0 Å². The fraction of sp³-hybridized carbons (Fsp3) is 0. The quantitative estimate of drug-likeness (QED) is 0.105. The molecular weight excluding hydrogens is 504 g/mol. The van der Waals surface area contributed by atoms with Crippen molar-refractivity contribution in [3.8, 4) is 11.5 Å². The van der Waals surface area contributed by atoms with Gasteiger partial charge in [-0.2, -0.15) is 0 Å². The standard InChI is InChI=1S/C24H8F8O4/c25-13-7-11(17(27)21(31)19(13)29)23(33)35-15-5-1-3-9-10(15)4-2-6-16(9)36-24(34)12-8-14(26)20(30)22(32)18(12)28/h1-8H. The highest BCUT2D eigenvalue weighted by Crippen LogP contribution is 2.34. The Labute approximate surface area is 195 Å². The van der Waals surface area contributed by atoms with Crippen molar-refractivity contribution in [2.45, 2.75) is 0 Å². The molecule has 0 N–H and O–H groups in total. The molecule has 0 atom stereocenters. The predicted octanol–water partition coefficient (Wildman–Crippen LogP) is 6.39. The Kier molecular flexibility index (Phi) is 6.35. The van der Waals surface area contributed by atoms with Crippen LogP contribution in [-0.2, 0) is 0 Å². The van der Waals surface area contributed by atoms with Crippen molar-refractivity contribution in [3.05, 3.63) is 106 Å². The molecule has 0 aliphatic heterocycles. The van der Waals surface area contributed by atoms with E-state index in [1.807, 2.05) is 0 Å². The van der Waals surface area contributed by atoms with Crippen LogP contribution in [0.1, 0.15) is 20.7 Å². The van der Waals surface area contributed by atoms with E-state index in [1.165, 1.54) is 36.4 Å². The molecule has 4 aromatic carbocycles. The lowest BCUT2D eigenvalue weighted by molar-refractivity contribution is 0.0718. The van der Waals surface area contributed by atoms with Crippen LogP contribution in [0.5, 0.6) is 11.5 Å². The first-order chi connectivity index (χ1) is 17.0. The lowest BCUT2D eigenvalue weighted by Gasteiger charge is -2.12. The fourth-order valence-corrected chi connectivity index (χ4v) is 3.18. The summed E-state index contributed by atoms with van der Waals surface area (Å²) in [5.74, 6) is -20.2. The SMILES string of the molecule is O=C(Oc1cccc2c(OC(=O)c3cc(F)c(F)c(F)c3F)cccc12)c1cc(F)c(F)c(F)c1F. The minimum absolute atomic E-state index is 0.0107. The highest BCUT2D eigenvalue weighted by atomic mass is 19.2. The third kappa shape index (κ3) is 4.21. The molecule has 0 aromatic heterocycles. The summed E-state index contributed by atoms with van der Waals surface area (Å²) in [4.78, 5) is 24.6. The summed E-state index contributed by atoms with van der Waals surface area (Å²) in [6, 6.07) is 7.68. The first kappa shape index (κ1) is 24.6. The Morgan fingerprint density at radius 1 is 0.500 bits per heavy atom. The molecule has 0 saturated carbocycles. The number of ether oxygens (including phenoxy) is 2. The van der Waals surface area contributed by atoms with Gasteiger partial charge in [0, 0.05) is 10.8 Å². The number of hydrogen-bond acceptors (Lipinski definition) is 4. The number of carbonyl (C=O) groups excluding carboxylic acids is 2. The zero-order valence-electron chi connectivity index (χ0n) is 17.3. The van der Waals surface area contributed by atoms with Crippen LogP contribution in [0.4, 0.5) is 35.1 Å². The highest BCUT2D eigenvalue weighted by Gasteiger charge is 2.26. The van der Waals surface area contributed by atoms with E-state index >= 15 is 0 Å². The molecule has 12 heteroatoms. The van der Waals surface area contributed by atoms with Gasteiger partial charge < -0.3 is 9.47 Å². The van der Waals surface area contributed by atoms with E-state index in [2.05, 4.69) is 0 Å². The Morgan fingerprint density at radius 2 is 0.861 bits per heavy atom. The second kappa shape index (κ2) is 9.29. The van der Waals surface area contributed by atoms with Crippen molar-refractivity contribution in [2.24, 2.45) is 0 Å². The van der Waals surface area contributed by atoms with Gasteiger partial charge in [-0.15, -0.1) is 0 Å². The van der Waals surface area contributed by atoms with E-state index < -0.39 is 69.6 Å². The fourth-order valence-electron chi connectivity index (χ4n) is 3.18. The van der Waals surface area contributed by atoms with Crippen molar-refractivity contribution in [3.63, 3.8) is 0 Å². The lowest BCUT2D eigenvalue weighted by atomic mass is 10.1. The molecule has 36 heavy (non-hydrogen) atoms. The Balaban J connectivity index is 1.69. The lowest BCUT2D eigenvalue weighted by Crippen LogP contribution is -2.15. The van der Waals surface area contributed by atoms with Crippen LogP contribution in [0.25, 0.3) is 10.8 Å². The van der Waals surface area contributed by atoms with Gasteiger partial charge in [-0.05, 0) is 24.3 Å². The van der Waals surface area contributed by atoms with Gasteiger partial charge >= 0.3 is 11.9 Å². The molecule has 0 aliphatic rings. The minimum atomic E-state index is -2.23. The van der Waals surface area contributed by atoms with Gasteiger partial charge in [-0.25, -0.2) is 44.7 Å². The summed E-state index contributed by atoms with van der Waals surface area (Å²) in [7, 11) is 0. The second-order valence-corrected chi connectivity index (χ2v) is 7.08. The summed E-state index contributed by atoms with van der Waals surface area (Å²) in [5, 5.41) is 0.0214. The molecule has 0 spiro atoms. The van der Waals surface area contributed by atoms with E-state index in [-0.39, 0.29) is 34.4 Å². The predicted molar refractivity (Wildman–Crippen MR) is 106 cm³/mol. The molecular formula is C24H8F8O4. The second-order valence-electron chi connectivity index (χ2n) is 7.08. The maximum absolute atomic E-state index is 13.9. The van der Waals surface area contributed by atoms with Crippen molar-refractivity contribution in [2.75, 3.05) is 0 Å². The number of fused-ring (bicyclic) bond motifs is 1. The molecule has 0 saturated heterocycles. The van der Waals surface area contributed by atoms with Crippen LogP contribution in [0.15, 0.2) is 48.5 Å². The first-order valence-corrected chi connectivity index (χ1v) is 9.63. The third-order valence-corrected chi connectivity index (χ3v) is 4.89. The topological polar surface area (TPSA) is 52.6 Å². The van der Waals surface area contributed by atoms with Crippen LogP contribution < -0.4 is 9.47 Å². The van der Waals surface area contributed by atoms with E-state index in [0.717, 1.165) is 0 Å². The van der Waals surface area contributed by atoms with Crippen molar-refractivity contribution >= 4 is 22.7 Å². The van der Waals surface area contributed by atoms with Crippen LogP contribution in [0.2, 0.25) is 0 Å². The molecule has 4 nitrogen and oxygen atoms in total. The van der Waals surface area contributed by atoms with Gasteiger partial charge in [0.05, 0.1) is 0 Å². The molecule has 184 valence electrons. The van der Waals surface area contributed by atoms with E-state index in [4.69, 9.17) is 9.47 Å². The minimum Gasteiger partial charge on any atom is -0.422 e. The summed E-state index contributed by atoms with van der Waals surface area (Å²) in [5.41, 5.74) is -2.50. The van der Waals surface area contributed by atoms with Gasteiger partial charge in [0.15, 0.2) is 46.5 Å². The number of rotatable bonds is 4. The number of carbonyl (C=O) groups is 2. The Morgan fingerprint density at radius 3 is 1.22 bits per heavy atom. The molecule has 0 aliphatic carbocycles. The molecule has 4 rings (SSSR count). The summed E-state index contributed by atoms with van der Waals surface area (Å²) in [6.45, 7) is 0. The normalized spacial score (nSPS) is 11.0. The van der Waals surface area contributed by atoms with Gasteiger partial charge in [-0.3, -0.25) is 0 Å². The molecule has 0 unspecified atom stereocenters. The Hall–Kier alpha value is -4.48. The van der Waals surface area contributed by atoms with Crippen LogP contribution in [-0.4, -0.2) is 11.9 Å². The van der Waals surface area contributed by atoms with E-state index in [9.17, 15) is 44.7 Å². The molecule has 4 aromatic rings. The van der Waals surface area contributed by atoms with Gasteiger partial charge in [0.1, 0.15) is 22.6 Å². The van der Waals surface area contributed by atoms with Crippen molar-refractivity contribution < 1.29 is 54.2 Å². The largest absolute Gasteiger partial charge is 0.422 e. The maximum Gasteiger partial charge on any atom is 0.346 e. The monoisotopic (exact) mass is 512 g/mol. The van der Waals surface area contributed by atoms with Crippen LogP contribution >= 0.6 is 0 Å².